The van der Waals surface area contributed by atoms with Crippen molar-refractivity contribution in [3.05, 3.63) is 0 Å². The van der Waals surface area contributed by atoms with Gasteiger partial charge in [0.1, 0.15) is 24.3 Å². The number of aliphatic imine (C=N–C) groups is 1. The smallest absolute Gasteiger partial charge is 0.342 e. The van der Waals surface area contributed by atoms with Crippen LogP contribution >= 0.6 is 7.67 Å². The number of esters is 2. The first kappa shape index (κ1) is 35.3. The van der Waals surface area contributed by atoms with Crippen molar-refractivity contribution in [3.63, 3.8) is 0 Å². The summed E-state index contributed by atoms with van der Waals surface area (Å²) in [6.07, 6.45) is -1.59. The first-order valence-corrected chi connectivity index (χ1v) is 15.1. The normalized spacial score (nSPS) is 20.6. The molecule has 42 heavy (non-hydrogen) atoms. The molecule has 7 N–H and O–H groups in total. The Balaban J connectivity index is 2.33. The Morgan fingerprint density at radius 2 is 1.67 bits per heavy atom. The first-order chi connectivity index (χ1) is 19.9. The number of nitrogens with two attached hydrogens (primary N) is 1. The van der Waals surface area contributed by atoms with Crippen LogP contribution in [0, 0.1) is 0 Å². The quantitative estimate of drug-likeness (QED) is 0.104. The van der Waals surface area contributed by atoms with Crippen molar-refractivity contribution in [2.75, 3.05) is 45.1 Å². The van der Waals surface area contributed by atoms with Crippen LogP contribution in [0.25, 0.3) is 0 Å². The Kier molecular flexibility index (Phi) is 13.5. The summed E-state index contributed by atoms with van der Waals surface area (Å²) in [5.41, 5.74) is 3.77. The number of aliphatic hydroxyl groups is 2. The molecule has 0 bridgehead atoms. The Morgan fingerprint density at radius 1 is 1.10 bits per heavy atom. The van der Waals surface area contributed by atoms with Crippen LogP contribution in [0.2, 0.25) is 0 Å². The molecule has 238 valence electrons. The standard InChI is InChI=1S/C24H42N7O10P/c1-7-14(21(33)39-9-3)30-42(36,31-15(8-2)22(34)40-10-4)41-13-16(37-5)18(32)24(35)11-12-26-17-19(29-24)27-23(25)28-20(17)38-6/h12,14-16,18,32,35H,7-11,13H2,1-6H3,(H2,30,31,36)(H3,25,27,28,29)/t14-,15?,16?,18?,24?,42?/m0/s1. The lowest BCUT2D eigenvalue weighted by atomic mass is 9.98. The molecule has 1 aromatic heterocycles. The van der Waals surface area contributed by atoms with Crippen molar-refractivity contribution >= 4 is 43.3 Å². The number of methoxy groups -OCH3 is 2. The van der Waals surface area contributed by atoms with Gasteiger partial charge in [-0.15, -0.1) is 0 Å². The zero-order valence-corrected chi connectivity index (χ0v) is 25.6. The van der Waals surface area contributed by atoms with Crippen LogP contribution in [0.3, 0.4) is 0 Å². The fraction of sp³-hybridized carbons (Fsp3) is 0.708. The van der Waals surface area contributed by atoms with Gasteiger partial charge in [-0.1, -0.05) is 13.8 Å². The van der Waals surface area contributed by atoms with Crippen LogP contribution in [0.1, 0.15) is 47.0 Å². The highest BCUT2D eigenvalue weighted by molar-refractivity contribution is 7.54. The number of carbonyl (C=O) groups excluding carboxylic acids is 2. The number of hydrogen-bond acceptors (Lipinski definition) is 15. The van der Waals surface area contributed by atoms with E-state index in [4.69, 9.17) is 29.2 Å². The Bertz CT molecular complexity index is 1110. The molecule has 18 heteroatoms. The van der Waals surface area contributed by atoms with Gasteiger partial charge in [-0.05, 0) is 26.7 Å². The average molecular weight is 620 g/mol. The lowest BCUT2D eigenvalue weighted by Crippen LogP contribution is -2.56. The van der Waals surface area contributed by atoms with E-state index < -0.39 is 56.2 Å². The summed E-state index contributed by atoms with van der Waals surface area (Å²) in [6, 6.07) is -2.12. The minimum absolute atomic E-state index is 0.0140. The third-order valence-electron chi connectivity index (χ3n) is 6.20. The Labute approximate surface area is 244 Å². The summed E-state index contributed by atoms with van der Waals surface area (Å²) >= 11 is 0. The number of ether oxygens (including phenoxy) is 4. The second kappa shape index (κ2) is 16.1. The third-order valence-corrected chi connectivity index (χ3v) is 8.01. The maximum Gasteiger partial charge on any atom is 0.342 e. The van der Waals surface area contributed by atoms with Crippen molar-refractivity contribution in [2.24, 2.45) is 4.99 Å². The maximum absolute atomic E-state index is 14.1. The van der Waals surface area contributed by atoms with E-state index in [9.17, 15) is 24.4 Å². The molecule has 5 unspecified atom stereocenters. The average Bonchev–Trinajstić information content (AvgIpc) is 3.13. The molecule has 2 rings (SSSR count). The highest BCUT2D eigenvalue weighted by atomic mass is 31.2. The number of aromatic nitrogens is 2. The van der Waals surface area contributed by atoms with Crippen LogP contribution < -0.4 is 26.0 Å². The highest BCUT2D eigenvalue weighted by Gasteiger charge is 2.44. The van der Waals surface area contributed by atoms with Gasteiger partial charge in [0, 0.05) is 19.7 Å². The van der Waals surface area contributed by atoms with Crippen molar-refractivity contribution in [3.8, 4) is 5.88 Å². The van der Waals surface area contributed by atoms with E-state index in [1.807, 2.05) is 0 Å². The van der Waals surface area contributed by atoms with Crippen molar-refractivity contribution in [2.45, 2.75) is 77.0 Å². The van der Waals surface area contributed by atoms with Gasteiger partial charge in [0.2, 0.25) is 11.8 Å². The molecule has 0 aliphatic carbocycles. The Morgan fingerprint density at radius 3 is 2.14 bits per heavy atom. The zero-order valence-electron chi connectivity index (χ0n) is 24.7. The van der Waals surface area contributed by atoms with Gasteiger partial charge >= 0.3 is 19.6 Å². The SMILES string of the molecule is CCOC(=O)C(CC)NP(=O)(N[C@@H](CC)C(=O)OCC)OCC(OC)C(O)C1(O)CC=Nc2c(nc(N)nc2OC)N1. The minimum Gasteiger partial charge on any atom is -0.479 e. The van der Waals surface area contributed by atoms with Gasteiger partial charge in [-0.2, -0.15) is 9.97 Å². The van der Waals surface area contributed by atoms with Gasteiger partial charge in [0.25, 0.3) is 0 Å². The topological polar surface area (TPSA) is 238 Å². The van der Waals surface area contributed by atoms with Crippen LogP contribution in [0.5, 0.6) is 5.88 Å². The van der Waals surface area contributed by atoms with E-state index in [1.165, 1.54) is 20.4 Å². The molecule has 1 aliphatic rings. The van der Waals surface area contributed by atoms with E-state index in [1.54, 1.807) is 27.7 Å². The van der Waals surface area contributed by atoms with Crippen molar-refractivity contribution in [1.29, 1.82) is 0 Å². The minimum atomic E-state index is -4.24. The fourth-order valence-corrected chi connectivity index (χ4v) is 5.90. The molecule has 0 saturated carbocycles. The van der Waals surface area contributed by atoms with Gasteiger partial charge in [-0.3, -0.25) is 19.1 Å². The molecule has 0 fully saturated rings. The van der Waals surface area contributed by atoms with E-state index >= 15 is 0 Å². The van der Waals surface area contributed by atoms with E-state index in [0.717, 1.165) is 0 Å². The van der Waals surface area contributed by atoms with Crippen LogP contribution in [-0.2, 0) is 32.9 Å². The zero-order chi connectivity index (χ0) is 31.5. The fourth-order valence-electron chi connectivity index (χ4n) is 3.93. The molecule has 1 aliphatic heterocycles. The number of nitrogens with zero attached hydrogens (tertiary/aromatic N) is 3. The predicted molar refractivity (Wildman–Crippen MR) is 152 cm³/mol. The summed E-state index contributed by atoms with van der Waals surface area (Å²) in [6.45, 7) is 6.20. The third kappa shape index (κ3) is 9.04. The van der Waals surface area contributed by atoms with Crippen LogP contribution in [-0.4, -0.2) is 102 Å². The van der Waals surface area contributed by atoms with Gasteiger partial charge in [0.15, 0.2) is 17.2 Å². The molecule has 17 nitrogen and oxygen atoms in total. The lowest BCUT2D eigenvalue weighted by Gasteiger charge is -2.37. The summed E-state index contributed by atoms with van der Waals surface area (Å²) < 4.78 is 40.5. The molecule has 0 spiro atoms. The lowest BCUT2D eigenvalue weighted by molar-refractivity contribution is -0.145. The number of fused-ring (bicyclic) bond motifs is 1. The number of carbonyl (C=O) groups is 2. The monoisotopic (exact) mass is 619 g/mol. The first-order valence-electron chi connectivity index (χ1n) is 13.5. The largest absolute Gasteiger partial charge is 0.479 e. The number of rotatable bonds is 17. The number of hydrogen-bond donors (Lipinski definition) is 6. The van der Waals surface area contributed by atoms with E-state index in [0.29, 0.717) is 0 Å². The predicted octanol–water partition coefficient (Wildman–Crippen LogP) is 0.637. The Hall–Kier alpha value is -2.92. The highest BCUT2D eigenvalue weighted by Crippen LogP contribution is 2.41. The van der Waals surface area contributed by atoms with Gasteiger partial charge in [-0.25, -0.2) is 10.2 Å². The molecule has 0 amide bonds. The van der Waals surface area contributed by atoms with Gasteiger partial charge in [0.05, 0.1) is 26.9 Å². The molecular formula is C24H42N7O10P. The second-order valence-electron chi connectivity index (χ2n) is 9.10. The number of anilines is 2. The van der Waals surface area contributed by atoms with Gasteiger partial charge < -0.3 is 44.7 Å². The molecule has 0 saturated heterocycles. The molecule has 2 heterocycles. The maximum atomic E-state index is 14.1. The summed E-state index contributed by atoms with van der Waals surface area (Å²) in [5, 5.41) is 30.7. The summed E-state index contributed by atoms with van der Waals surface area (Å²) in [7, 11) is -1.64. The molecule has 0 radical (unpaired) electrons. The number of aliphatic hydroxyl groups excluding tert-OH is 1. The van der Waals surface area contributed by atoms with Crippen molar-refractivity contribution < 1.29 is 47.8 Å². The summed E-state index contributed by atoms with van der Waals surface area (Å²) in [5.74, 6) is -1.49. The van der Waals surface area contributed by atoms with E-state index in [-0.39, 0.29) is 55.8 Å². The summed E-state index contributed by atoms with van der Waals surface area (Å²) in [4.78, 5) is 37.1. The molecule has 0 aromatic carbocycles. The van der Waals surface area contributed by atoms with Crippen LogP contribution in [0.4, 0.5) is 17.5 Å². The van der Waals surface area contributed by atoms with Crippen LogP contribution in [0.15, 0.2) is 4.99 Å². The molecule has 1 aromatic rings. The second-order valence-corrected chi connectivity index (χ2v) is 11.0. The molecule has 6 atom stereocenters. The van der Waals surface area contributed by atoms with Crippen molar-refractivity contribution in [1.82, 2.24) is 20.1 Å². The molecular weight excluding hydrogens is 577 g/mol. The van der Waals surface area contributed by atoms with E-state index in [2.05, 4.69) is 30.5 Å². The number of nitrogens with one attached hydrogen (secondary N) is 3. The number of nitrogen functional groups attached to an aromatic ring is 1.